The minimum Gasteiger partial charge on any atom is -0.497 e. The number of rotatable bonds is 4. The van der Waals surface area contributed by atoms with E-state index in [2.05, 4.69) is 0 Å². The summed E-state index contributed by atoms with van der Waals surface area (Å²) in [4.78, 5) is 14.0. The van der Waals surface area contributed by atoms with Crippen LogP contribution >= 0.6 is 0 Å². The number of nitrogens with zero attached hydrogens (tertiary/aromatic N) is 1. The van der Waals surface area contributed by atoms with Gasteiger partial charge in [-0.15, -0.1) is 0 Å². The van der Waals surface area contributed by atoms with Crippen LogP contribution in [0.2, 0.25) is 0 Å². The Hall–Kier alpha value is -1.76. The van der Waals surface area contributed by atoms with Gasteiger partial charge in [-0.05, 0) is 18.6 Å². The third-order valence-electron chi connectivity index (χ3n) is 3.64. The Labute approximate surface area is 124 Å². The third-order valence-corrected chi connectivity index (χ3v) is 5.23. The fourth-order valence-electron chi connectivity index (χ4n) is 2.38. The Bertz CT molecular complexity index is 619. The predicted octanol–water partition coefficient (Wildman–Crippen LogP) is 0.963. The highest BCUT2D eigenvalue weighted by atomic mass is 32.2. The van der Waals surface area contributed by atoms with Crippen LogP contribution in [0.3, 0.4) is 0 Å². The monoisotopic (exact) mass is 313 g/mol. The second-order valence-electron chi connectivity index (χ2n) is 5.09. The first-order chi connectivity index (χ1) is 9.85. The second kappa shape index (κ2) is 5.93. The molecule has 0 saturated carbocycles. The van der Waals surface area contributed by atoms with Crippen LogP contribution in [0, 0.1) is 0 Å². The van der Waals surface area contributed by atoms with Gasteiger partial charge in [0.05, 0.1) is 19.5 Å². The van der Waals surface area contributed by atoms with Crippen molar-refractivity contribution in [1.29, 1.82) is 0 Å². The van der Waals surface area contributed by atoms with Gasteiger partial charge in [-0.25, -0.2) is 8.42 Å². The SMILES string of the molecule is COc1cc(OC)cc(C(=O)N2CCC(S(C)(=O)=O)C2)c1. The highest BCUT2D eigenvalue weighted by Crippen LogP contribution is 2.25. The van der Waals surface area contributed by atoms with Gasteiger partial charge in [-0.2, -0.15) is 0 Å². The van der Waals surface area contributed by atoms with Gasteiger partial charge >= 0.3 is 0 Å². The lowest BCUT2D eigenvalue weighted by Gasteiger charge is -2.17. The van der Waals surface area contributed by atoms with E-state index in [0.717, 1.165) is 0 Å². The highest BCUT2D eigenvalue weighted by Gasteiger charge is 2.33. The minimum atomic E-state index is -3.12. The number of hydrogen-bond acceptors (Lipinski definition) is 5. The van der Waals surface area contributed by atoms with Crippen molar-refractivity contribution in [2.75, 3.05) is 33.6 Å². The van der Waals surface area contributed by atoms with Gasteiger partial charge in [0, 0.05) is 31.0 Å². The van der Waals surface area contributed by atoms with E-state index in [1.165, 1.54) is 20.5 Å². The highest BCUT2D eigenvalue weighted by molar-refractivity contribution is 7.91. The van der Waals surface area contributed by atoms with Crippen LogP contribution in [0.15, 0.2) is 18.2 Å². The molecule has 0 spiro atoms. The molecule has 1 aromatic rings. The van der Waals surface area contributed by atoms with Crippen LogP contribution in [0.4, 0.5) is 0 Å². The van der Waals surface area contributed by atoms with Gasteiger partial charge in [-0.3, -0.25) is 4.79 Å². The standard InChI is InChI=1S/C14H19NO5S/c1-19-11-6-10(7-12(8-11)20-2)14(16)15-5-4-13(9-15)21(3,17)18/h6-8,13H,4-5,9H2,1-3H3. The Kier molecular flexibility index (Phi) is 4.41. The zero-order valence-corrected chi connectivity index (χ0v) is 13.1. The molecule has 0 radical (unpaired) electrons. The van der Waals surface area contributed by atoms with Gasteiger partial charge in [0.2, 0.25) is 0 Å². The predicted molar refractivity (Wildman–Crippen MR) is 78.7 cm³/mol. The van der Waals surface area contributed by atoms with Gasteiger partial charge in [0.25, 0.3) is 5.91 Å². The van der Waals surface area contributed by atoms with E-state index in [-0.39, 0.29) is 12.5 Å². The minimum absolute atomic E-state index is 0.210. The zero-order chi connectivity index (χ0) is 15.6. The maximum atomic E-state index is 12.5. The topological polar surface area (TPSA) is 72.9 Å². The summed E-state index contributed by atoms with van der Waals surface area (Å²) in [5.41, 5.74) is 0.431. The number of amides is 1. The number of ether oxygens (including phenoxy) is 2. The number of hydrogen-bond donors (Lipinski definition) is 0. The number of sulfone groups is 1. The Morgan fingerprint density at radius 2 is 1.76 bits per heavy atom. The van der Waals surface area contributed by atoms with Gasteiger partial charge < -0.3 is 14.4 Å². The summed E-state index contributed by atoms with van der Waals surface area (Å²) in [5.74, 6) is 0.839. The molecule has 6 nitrogen and oxygen atoms in total. The molecule has 7 heteroatoms. The van der Waals surface area contributed by atoms with E-state index in [4.69, 9.17) is 9.47 Å². The van der Waals surface area contributed by atoms with E-state index in [0.29, 0.717) is 30.0 Å². The van der Waals surface area contributed by atoms with E-state index >= 15 is 0 Å². The third kappa shape index (κ3) is 3.47. The van der Waals surface area contributed by atoms with Crippen molar-refractivity contribution in [3.05, 3.63) is 23.8 Å². The molecule has 21 heavy (non-hydrogen) atoms. The van der Waals surface area contributed by atoms with Gasteiger partial charge in [0.15, 0.2) is 9.84 Å². The average molecular weight is 313 g/mol. The molecule has 0 N–H and O–H groups in total. The maximum Gasteiger partial charge on any atom is 0.254 e. The second-order valence-corrected chi connectivity index (χ2v) is 7.42. The molecule has 1 amide bonds. The Morgan fingerprint density at radius 3 is 2.19 bits per heavy atom. The lowest BCUT2D eigenvalue weighted by Crippen LogP contribution is -2.31. The molecule has 1 aromatic carbocycles. The molecule has 0 aromatic heterocycles. The summed E-state index contributed by atoms with van der Waals surface area (Å²) in [5, 5.41) is -0.478. The molecular weight excluding hydrogens is 294 g/mol. The first kappa shape index (κ1) is 15.6. The quantitative estimate of drug-likeness (QED) is 0.828. The van der Waals surface area contributed by atoms with Crippen LogP contribution in [-0.2, 0) is 9.84 Å². The molecule has 1 aliphatic heterocycles. The zero-order valence-electron chi connectivity index (χ0n) is 12.3. The number of likely N-dealkylation sites (tertiary alicyclic amines) is 1. The van der Waals surface area contributed by atoms with E-state index in [1.807, 2.05) is 0 Å². The molecule has 2 rings (SSSR count). The van der Waals surface area contributed by atoms with Crippen LogP contribution in [0.5, 0.6) is 11.5 Å². The maximum absolute atomic E-state index is 12.5. The molecule has 0 bridgehead atoms. The number of methoxy groups -OCH3 is 2. The van der Waals surface area contributed by atoms with Crippen LogP contribution in [0.1, 0.15) is 16.8 Å². The number of carbonyl (C=O) groups excluding carboxylic acids is 1. The molecule has 116 valence electrons. The van der Waals surface area contributed by atoms with E-state index < -0.39 is 15.1 Å². The molecule has 1 saturated heterocycles. The number of carbonyl (C=O) groups is 1. The average Bonchev–Trinajstić information content (AvgIpc) is 2.95. The first-order valence-corrected chi connectivity index (χ1v) is 8.52. The summed E-state index contributed by atoms with van der Waals surface area (Å²) in [6, 6.07) is 4.93. The van der Waals surface area contributed by atoms with E-state index in [1.54, 1.807) is 23.1 Å². The summed E-state index contributed by atoms with van der Waals surface area (Å²) >= 11 is 0. The fourth-order valence-corrected chi connectivity index (χ4v) is 3.36. The molecule has 1 heterocycles. The molecule has 1 fully saturated rings. The lowest BCUT2D eigenvalue weighted by atomic mass is 10.1. The van der Waals surface area contributed by atoms with Crippen molar-refractivity contribution in [2.45, 2.75) is 11.7 Å². The fraction of sp³-hybridized carbons (Fsp3) is 0.500. The first-order valence-electron chi connectivity index (χ1n) is 6.56. The van der Waals surface area contributed by atoms with Crippen LogP contribution in [-0.4, -0.2) is 58.0 Å². The summed E-state index contributed by atoms with van der Waals surface area (Å²) in [6.07, 6.45) is 1.69. The lowest BCUT2D eigenvalue weighted by molar-refractivity contribution is 0.0792. The smallest absolute Gasteiger partial charge is 0.254 e. The summed E-state index contributed by atoms with van der Waals surface area (Å²) in [6.45, 7) is 0.674. The van der Waals surface area contributed by atoms with Crippen molar-refractivity contribution in [3.63, 3.8) is 0 Å². The van der Waals surface area contributed by atoms with Gasteiger partial charge in [0.1, 0.15) is 11.5 Å². The van der Waals surface area contributed by atoms with Crippen molar-refractivity contribution in [2.24, 2.45) is 0 Å². The summed E-state index contributed by atoms with van der Waals surface area (Å²) < 4.78 is 33.4. The molecule has 1 unspecified atom stereocenters. The molecule has 0 aliphatic carbocycles. The molecule has 1 atom stereocenters. The summed E-state index contributed by atoms with van der Waals surface area (Å²) in [7, 11) is -0.0951. The van der Waals surface area contributed by atoms with Crippen molar-refractivity contribution < 1.29 is 22.7 Å². The van der Waals surface area contributed by atoms with Crippen LogP contribution < -0.4 is 9.47 Å². The van der Waals surface area contributed by atoms with Crippen molar-refractivity contribution in [1.82, 2.24) is 4.90 Å². The largest absolute Gasteiger partial charge is 0.497 e. The normalized spacial score (nSPS) is 18.6. The van der Waals surface area contributed by atoms with Crippen molar-refractivity contribution in [3.8, 4) is 11.5 Å². The Balaban J connectivity index is 2.21. The Morgan fingerprint density at radius 1 is 1.19 bits per heavy atom. The molecule has 1 aliphatic rings. The number of benzene rings is 1. The van der Waals surface area contributed by atoms with Crippen molar-refractivity contribution >= 4 is 15.7 Å². The molecular formula is C14H19NO5S. The van der Waals surface area contributed by atoms with Gasteiger partial charge in [-0.1, -0.05) is 0 Å². The van der Waals surface area contributed by atoms with E-state index in [9.17, 15) is 13.2 Å². The van der Waals surface area contributed by atoms with Crippen LogP contribution in [0.25, 0.3) is 0 Å².